The first-order chi connectivity index (χ1) is 16.9. The summed E-state index contributed by atoms with van der Waals surface area (Å²) in [6, 6.07) is 2.73. The van der Waals surface area contributed by atoms with Gasteiger partial charge in [-0.2, -0.15) is 9.61 Å². The second-order valence-electron chi connectivity index (χ2n) is 10.4. The largest absolute Gasteiger partial charge is 0.493 e. The summed E-state index contributed by atoms with van der Waals surface area (Å²) in [6.45, 7) is 2.04. The molecule has 3 aromatic rings. The number of nitrogens with one attached hydrogen (secondary N) is 4. The van der Waals surface area contributed by atoms with Gasteiger partial charge in [-0.3, -0.25) is 14.8 Å². The molecule has 3 aliphatic rings. The van der Waals surface area contributed by atoms with Crippen molar-refractivity contribution in [3.05, 3.63) is 39.1 Å². The molecule has 0 aliphatic heterocycles. The predicted octanol–water partition coefficient (Wildman–Crippen LogP) is 0.702. The van der Waals surface area contributed by atoms with Crippen LogP contribution in [0.15, 0.2) is 22.1 Å². The third kappa shape index (κ3) is 4.54. The fraction of sp³-hybridized carbons (Fsp3) is 0.542. The molecule has 1 amide bonds. The van der Waals surface area contributed by atoms with Gasteiger partial charge in [0.1, 0.15) is 11.5 Å². The van der Waals surface area contributed by atoms with E-state index in [-0.39, 0.29) is 35.0 Å². The second kappa shape index (κ2) is 8.24. The summed E-state index contributed by atoms with van der Waals surface area (Å²) < 4.78 is 1.70. The van der Waals surface area contributed by atoms with Crippen LogP contribution < -0.4 is 27.0 Å². The first kappa shape index (κ1) is 21.9. The minimum Gasteiger partial charge on any atom is -0.493 e. The molecule has 35 heavy (non-hydrogen) atoms. The van der Waals surface area contributed by atoms with E-state index in [1.54, 1.807) is 16.8 Å². The standard InChI is InChI=1S/C24H30N8O3/c1-24(8-9-24)22(34)28-16-6-2-14(3-7-16)26-18-11-19(27-15-4-5-15)32-20(30-18)13(12-25-32)10-17-21(33)31-23(35)29-17/h10-12,14-16,26,33H,2-9H2,1H3,(H,28,34)(H2,29,31,35). The molecule has 3 aliphatic carbocycles. The summed E-state index contributed by atoms with van der Waals surface area (Å²) in [5.41, 5.74) is 0.966. The van der Waals surface area contributed by atoms with Gasteiger partial charge in [-0.05, 0) is 57.4 Å². The van der Waals surface area contributed by atoms with E-state index in [0.717, 1.165) is 62.7 Å². The lowest BCUT2D eigenvalue weighted by atomic mass is 9.90. The molecule has 11 nitrogen and oxygen atoms in total. The lowest BCUT2D eigenvalue weighted by Crippen LogP contribution is -2.42. The highest BCUT2D eigenvalue weighted by Gasteiger charge is 2.45. The average Bonchev–Trinajstić information content (AvgIpc) is 3.73. The fourth-order valence-electron chi connectivity index (χ4n) is 4.64. The number of carbonyl (C=O) groups excluding carboxylic acids is 1. The molecule has 3 aromatic heterocycles. The van der Waals surface area contributed by atoms with Crippen LogP contribution in [0.4, 0.5) is 5.82 Å². The van der Waals surface area contributed by atoms with Crippen molar-refractivity contribution in [3.63, 3.8) is 0 Å². The Labute approximate surface area is 200 Å². The number of rotatable bonds is 6. The molecule has 5 N–H and O–H groups in total. The van der Waals surface area contributed by atoms with Gasteiger partial charge >= 0.3 is 5.69 Å². The van der Waals surface area contributed by atoms with E-state index >= 15 is 0 Å². The monoisotopic (exact) mass is 478 g/mol. The van der Waals surface area contributed by atoms with Gasteiger partial charge in [0.15, 0.2) is 11.1 Å². The number of aromatic hydroxyl groups is 1. The molecule has 3 saturated carbocycles. The number of anilines is 1. The van der Waals surface area contributed by atoms with E-state index in [4.69, 9.17) is 9.98 Å². The van der Waals surface area contributed by atoms with Gasteiger partial charge in [0.25, 0.3) is 0 Å². The van der Waals surface area contributed by atoms with Crippen molar-refractivity contribution in [2.75, 3.05) is 5.32 Å². The maximum absolute atomic E-state index is 12.4. The number of nitrogens with zero attached hydrogens (tertiary/aromatic N) is 4. The molecular weight excluding hydrogens is 448 g/mol. The fourth-order valence-corrected chi connectivity index (χ4v) is 4.64. The van der Waals surface area contributed by atoms with Crippen molar-refractivity contribution in [2.45, 2.75) is 76.4 Å². The Kier molecular flexibility index (Phi) is 5.15. The van der Waals surface area contributed by atoms with Crippen LogP contribution in [0.5, 0.6) is 5.88 Å². The highest BCUT2D eigenvalue weighted by molar-refractivity contribution is 5.85. The quantitative estimate of drug-likeness (QED) is 0.352. The average molecular weight is 479 g/mol. The zero-order valence-electron chi connectivity index (χ0n) is 19.7. The topological polar surface area (TPSA) is 153 Å². The first-order valence-electron chi connectivity index (χ1n) is 12.4. The first-order valence-corrected chi connectivity index (χ1v) is 12.4. The van der Waals surface area contributed by atoms with Crippen LogP contribution in [0.2, 0.25) is 0 Å². The second-order valence-corrected chi connectivity index (χ2v) is 10.4. The van der Waals surface area contributed by atoms with Gasteiger partial charge in [-0.25, -0.2) is 9.78 Å². The molecule has 0 spiro atoms. The van der Waals surface area contributed by atoms with Crippen LogP contribution in [0.3, 0.4) is 0 Å². The van der Waals surface area contributed by atoms with Crippen molar-refractivity contribution in [1.29, 1.82) is 0 Å². The zero-order valence-corrected chi connectivity index (χ0v) is 19.7. The molecule has 0 radical (unpaired) electrons. The van der Waals surface area contributed by atoms with E-state index in [1.807, 2.05) is 13.0 Å². The Morgan fingerprint density at radius 1 is 1.20 bits per heavy atom. The Balaban J connectivity index is 1.24. The highest BCUT2D eigenvalue weighted by atomic mass is 16.3. The Hall–Kier alpha value is -3.63. The molecule has 0 aromatic carbocycles. The summed E-state index contributed by atoms with van der Waals surface area (Å²) in [5.74, 6) is 0.689. The van der Waals surface area contributed by atoms with Crippen molar-refractivity contribution in [1.82, 2.24) is 29.9 Å². The molecular formula is C24H30N8O3. The molecule has 6 rings (SSSR count). The highest BCUT2D eigenvalue weighted by Crippen LogP contribution is 2.45. The lowest BCUT2D eigenvalue weighted by molar-refractivity contribution is -0.126. The molecule has 0 saturated heterocycles. The SMILES string of the molecule is CC1(C(=O)NC2CCC(Nc3cc(=NC4CC4)n4ncc(=Cc5[nH]c(=O)[nH]c5O)c4n3)CC2)CC1. The molecule has 0 unspecified atom stereocenters. The number of H-pyrrole nitrogens is 2. The van der Waals surface area contributed by atoms with Gasteiger partial charge in [-0.1, -0.05) is 6.92 Å². The zero-order chi connectivity index (χ0) is 24.2. The predicted molar refractivity (Wildman–Crippen MR) is 129 cm³/mol. The van der Waals surface area contributed by atoms with Crippen LogP contribution >= 0.6 is 0 Å². The van der Waals surface area contributed by atoms with E-state index in [0.29, 0.717) is 16.9 Å². The smallest absolute Gasteiger partial charge is 0.326 e. The number of fused-ring (bicyclic) bond motifs is 1. The van der Waals surface area contributed by atoms with Crippen LogP contribution in [0.1, 0.15) is 64.0 Å². The lowest BCUT2D eigenvalue weighted by Gasteiger charge is -2.30. The number of hydrogen-bond acceptors (Lipinski definition) is 7. The normalized spacial score (nSPS) is 24.6. The number of hydrogen-bond donors (Lipinski definition) is 5. The summed E-state index contributed by atoms with van der Waals surface area (Å²) in [6.07, 6.45) is 11.2. The van der Waals surface area contributed by atoms with Crippen LogP contribution in [0.25, 0.3) is 11.7 Å². The number of imidazole rings is 1. The van der Waals surface area contributed by atoms with E-state index < -0.39 is 5.69 Å². The Morgan fingerprint density at radius 3 is 2.60 bits per heavy atom. The summed E-state index contributed by atoms with van der Waals surface area (Å²) in [5, 5.41) is 21.9. The summed E-state index contributed by atoms with van der Waals surface area (Å²) in [4.78, 5) is 38.4. The molecule has 0 atom stereocenters. The van der Waals surface area contributed by atoms with Crippen LogP contribution in [-0.4, -0.2) is 53.7 Å². The minimum absolute atomic E-state index is 0.139. The summed E-state index contributed by atoms with van der Waals surface area (Å²) in [7, 11) is 0. The van der Waals surface area contributed by atoms with Gasteiger partial charge in [0.2, 0.25) is 11.8 Å². The van der Waals surface area contributed by atoms with Gasteiger partial charge < -0.3 is 20.7 Å². The van der Waals surface area contributed by atoms with E-state index in [9.17, 15) is 14.7 Å². The van der Waals surface area contributed by atoms with E-state index in [1.165, 1.54) is 0 Å². The Bertz CT molecular complexity index is 1450. The summed E-state index contributed by atoms with van der Waals surface area (Å²) >= 11 is 0. The maximum atomic E-state index is 12.4. The molecule has 0 bridgehead atoms. The molecule has 11 heteroatoms. The van der Waals surface area contributed by atoms with Gasteiger partial charge in [0, 0.05) is 28.8 Å². The number of aromatic amines is 2. The number of amides is 1. The van der Waals surface area contributed by atoms with Crippen molar-refractivity contribution in [3.8, 4) is 5.88 Å². The van der Waals surface area contributed by atoms with Gasteiger partial charge in [-0.15, -0.1) is 0 Å². The van der Waals surface area contributed by atoms with Crippen molar-refractivity contribution >= 4 is 23.4 Å². The third-order valence-corrected chi connectivity index (χ3v) is 7.34. The van der Waals surface area contributed by atoms with Crippen molar-refractivity contribution < 1.29 is 9.90 Å². The maximum Gasteiger partial charge on any atom is 0.326 e. The van der Waals surface area contributed by atoms with Crippen molar-refractivity contribution in [2.24, 2.45) is 10.4 Å². The minimum atomic E-state index is -0.483. The molecule has 3 heterocycles. The molecule has 184 valence electrons. The number of carbonyl (C=O) groups is 1. The van der Waals surface area contributed by atoms with Crippen LogP contribution in [0, 0.1) is 5.41 Å². The van der Waals surface area contributed by atoms with E-state index in [2.05, 4.69) is 25.7 Å². The molecule has 3 fully saturated rings. The van der Waals surface area contributed by atoms with Crippen LogP contribution in [-0.2, 0) is 4.79 Å². The number of aromatic nitrogens is 5. The Morgan fingerprint density at radius 2 is 1.94 bits per heavy atom. The third-order valence-electron chi connectivity index (χ3n) is 7.34. The van der Waals surface area contributed by atoms with Gasteiger partial charge in [0.05, 0.1) is 12.2 Å².